The van der Waals surface area contributed by atoms with Crippen LogP contribution in [0, 0.1) is 11.8 Å². The third kappa shape index (κ3) is 12.0. The molecule has 1 saturated carbocycles. The van der Waals surface area contributed by atoms with Crippen molar-refractivity contribution < 1.29 is 4.74 Å². The van der Waals surface area contributed by atoms with Gasteiger partial charge in [0.2, 0.25) is 0 Å². The van der Waals surface area contributed by atoms with Gasteiger partial charge in [-0.05, 0) is 60.9 Å². The number of hydrogen-bond acceptors (Lipinski definition) is 3. The molecule has 3 nitrogen and oxygen atoms in total. The highest BCUT2D eigenvalue weighted by Crippen LogP contribution is 2.34. The van der Waals surface area contributed by atoms with E-state index in [9.17, 15) is 0 Å². The van der Waals surface area contributed by atoms with E-state index in [0.29, 0.717) is 0 Å². The van der Waals surface area contributed by atoms with E-state index in [1.807, 2.05) is 12.4 Å². The molecular weight excluding hydrogens is 452 g/mol. The molecule has 0 bridgehead atoms. The second-order valence-electron chi connectivity index (χ2n) is 11.5. The highest BCUT2D eigenvalue weighted by molar-refractivity contribution is 5.55. The van der Waals surface area contributed by atoms with Crippen molar-refractivity contribution in [3.05, 3.63) is 42.2 Å². The Bertz CT molecular complexity index is 809. The van der Waals surface area contributed by atoms with Crippen LogP contribution in [0.15, 0.2) is 36.7 Å². The summed E-state index contributed by atoms with van der Waals surface area (Å²) in [4.78, 5) is 9.35. The largest absolute Gasteiger partial charge is 0.494 e. The summed E-state index contributed by atoms with van der Waals surface area (Å²) in [5, 5.41) is 0. The third-order valence-corrected chi connectivity index (χ3v) is 8.36. The predicted molar refractivity (Wildman–Crippen MR) is 158 cm³/mol. The highest BCUT2D eigenvalue weighted by Gasteiger charge is 2.20. The van der Waals surface area contributed by atoms with Gasteiger partial charge >= 0.3 is 0 Å². The van der Waals surface area contributed by atoms with Crippen molar-refractivity contribution in [1.82, 2.24) is 9.97 Å². The smallest absolute Gasteiger partial charge is 0.159 e. The Morgan fingerprint density at radius 3 is 1.81 bits per heavy atom. The Labute approximate surface area is 228 Å². The SMILES string of the molecule is CCCCCCCCCOc1ccc(-c2ncc(CCC3CCC(CCCCCCC)CC3)cn2)cc1. The Kier molecular flexibility index (Phi) is 14.7. The van der Waals surface area contributed by atoms with Crippen LogP contribution in [0.4, 0.5) is 0 Å². The molecule has 1 heterocycles. The topological polar surface area (TPSA) is 35.0 Å². The van der Waals surface area contributed by atoms with Crippen LogP contribution < -0.4 is 4.74 Å². The van der Waals surface area contributed by atoms with E-state index in [4.69, 9.17) is 4.74 Å². The van der Waals surface area contributed by atoms with Crippen molar-refractivity contribution >= 4 is 0 Å². The van der Waals surface area contributed by atoms with Crippen molar-refractivity contribution in [2.24, 2.45) is 11.8 Å². The molecule has 2 aromatic rings. The Morgan fingerprint density at radius 1 is 0.649 bits per heavy atom. The number of aryl methyl sites for hydroxylation is 1. The van der Waals surface area contributed by atoms with E-state index >= 15 is 0 Å². The first-order valence-corrected chi connectivity index (χ1v) is 15.8. The van der Waals surface area contributed by atoms with Crippen molar-refractivity contribution in [3.63, 3.8) is 0 Å². The van der Waals surface area contributed by atoms with Gasteiger partial charge in [0.05, 0.1) is 6.61 Å². The summed E-state index contributed by atoms with van der Waals surface area (Å²) < 4.78 is 5.93. The normalized spacial score (nSPS) is 17.7. The summed E-state index contributed by atoms with van der Waals surface area (Å²) in [7, 11) is 0. The first-order valence-electron chi connectivity index (χ1n) is 15.8. The number of ether oxygens (including phenoxy) is 1. The van der Waals surface area contributed by atoms with E-state index < -0.39 is 0 Å². The molecule has 0 unspecified atom stereocenters. The molecule has 0 radical (unpaired) electrons. The zero-order valence-corrected chi connectivity index (χ0v) is 24.1. The lowest BCUT2D eigenvalue weighted by molar-refractivity contribution is 0.248. The molecule has 0 spiro atoms. The van der Waals surface area contributed by atoms with Gasteiger partial charge in [-0.3, -0.25) is 0 Å². The molecule has 0 amide bonds. The van der Waals surface area contributed by atoms with Gasteiger partial charge in [0.25, 0.3) is 0 Å². The molecule has 1 aromatic carbocycles. The van der Waals surface area contributed by atoms with Crippen molar-refractivity contribution in [1.29, 1.82) is 0 Å². The van der Waals surface area contributed by atoms with Gasteiger partial charge in [-0.2, -0.15) is 0 Å². The van der Waals surface area contributed by atoms with E-state index in [1.54, 1.807) is 0 Å². The number of hydrogen-bond donors (Lipinski definition) is 0. The standard InChI is InChI=1S/C34H54N2O/c1-3-5-7-9-10-12-14-26-37-33-24-22-32(23-25-33)34-35-27-31(28-36-34)21-20-30-18-16-29(17-19-30)15-13-11-8-6-4-2/h22-25,27-30H,3-21,26H2,1-2H3. The minimum Gasteiger partial charge on any atom is -0.494 e. The first-order chi connectivity index (χ1) is 18.3. The van der Waals surface area contributed by atoms with Crippen LogP contribution in [-0.2, 0) is 6.42 Å². The van der Waals surface area contributed by atoms with Gasteiger partial charge < -0.3 is 4.74 Å². The van der Waals surface area contributed by atoms with Gasteiger partial charge in [0.15, 0.2) is 5.82 Å². The number of nitrogens with zero attached hydrogens (tertiary/aromatic N) is 2. The fourth-order valence-electron chi connectivity index (χ4n) is 5.80. The summed E-state index contributed by atoms with van der Waals surface area (Å²) in [6.45, 7) is 5.37. The molecule has 1 aliphatic rings. The van der Waals surface area contributed by atoms with Crippen LogP contribution in [0.2, 0.25) is 0 Å². The molecular formula is C34H54N2O. The average Bonchev–Trinajstić information content (AvgIpc) is 2.94. The molecule has 1 aliphatic carbocycles. The van der Waals surface area contributed by atoms with Gasteiger partial charge in [-0.25, -0.2) is 9.97 Å². The van der Waals surface area contributed by atoms with Gasteiger partial charge in [0, 0.05) is 18.0 Å². The summed E-state index contributed by atoms with van der Waals surface area (Å²) in [5.41, 5.74) is 2.33. The number of rotatable bonds is 19. The highest BCUT2D eigenvalue weighted by atomic mass is 16.5. The molecule has 0 saturated heterocycles. The second-order valence-corrected chi connectivity index (χ2v) is 11.5. The molecule has 0 atom stereocenters. The number of benzene rings is 1. The molecule has 0 N–H and O–H groups in total. The van der Waals surface area contributed by atoms with E-state index in [0.717, 1.165) is 48.4 Å². The van der Waals surface area contributed by atoms with Crippen LogP contribution in [0.1, 0.15) is 135 Å². The van der Waals surface area contributed by atoms with Crippen LogP contribution in [0.25, 0.3) is 11.4 Å². The Balaban J connectivity index is 1.29. The van der Waals surface area contributed by atoms with Gasteiger partial charge in [-0.1, -0.05) is 117 Å². The van der Waals surface area contributed by atoms with Crippen LogP contribution >= 0.6 is 0 Å². The van der Waals surface area contributed by atoms with Crippen molar-refractivity contribution in [3.8, 4) is 17.1 Å². The summed E-state index contributed by atoms with van der Waals surface area (Å²) in [6, 6.07) is 8.26. The van der Waals surface area contributed by atoms with E-state index in [1.165, 1.54) is 115 Å². The molecule has 0 aliphatic heterocycles. The summed E-state index contributed by atoms with van der Waals surface area (Å²) in [5.74, 6) is 3.64. The third-order valence-electron chi connectivity index (χ3n) is 8.36. The zero-order valence-electron chi connectivity index (χ0n) is 24.1. The van der Waals surface area contributed by atoms with Crippen LogP contribution in [-0.4, -0.2) is 16.6 Å². The van der Waals surface area contributed by atoms with Gasteiger partial charge in [0.1, 0.15) is 5.75 Å². The van der Waals surface area contributed by atoms with Crippen molar-refractivity contribution in [2.75, 3.05) is 6.61 Å². The first kappa shape index (κ1) is 29.7. The Hall–Kier alpha value is -1.90. The summed E-state index contributed by atoms with van der Waals surface area (Å²) >= 11 is 0. The van der Waals surface area contributed by atoms with Crippen LogP contribution in [0.5, 0.6) is 5.75 Å². The zero-order chi connectivity index (χ0) is 26.0. The molecule has 206 valence electrons. The lowest BCUT2D eigenvalue weighted by Crippen LogP contribution is -2.15. The molecule has 3 rings (SSSR count). The maximum Gasteiger partial charge on any atom is 0.159 e. The molecule has 1 aromatic heterocycles. The van der Waals surface area contributed by atoms with E-state index in [2.05, 4.69) is 48.1 Å². The summed E-state index contributed by atoms with van der Waals surface area (Å²) in [6.07, 6.45) is 29.9. The lowest BCUT2D eigenvalue weighted by Gasteiger charge is -2.28. The number of aromatic nitrogens is 2. The maximum absolute atomic E-state index is 5.93. The minimum atomic E-state index is 0.805. The fraction of sp³-hybridized carbons (Fsp3) is 0.706. The maximum atomic E-state index is 5.93. The molecule has 3 heteroatoms. The van der Waals surface area contributed by atoms with Crippen LogP contribution in [0.3, 0.4) is 0 Å². The molecule has 37 heavy (non-hydrogen) atoms. The molecule has 1 fully saturated rings. The number of unbranched alkanes of at least 4 members (excludes halogenated alkanes) is 10. The predicted octanol–water partition coefficient (Wildman–Crippen LogP) is 10.4. The van der Waals surface area contributed by atoms with Gasteiger partial charge in [-0.15, -0.1) is 0 Å². The average molecular weight is 507 g/mol. The fourth-order valence-corrected chi connectivity index (χ4v) is 5.80. The van der Waals surface area contributed by atoms with E-state index in [-0.39, 0.29) is 0 Å². The Morgan fingerprint density at radius 2 is 1.19 bits per heavy atom. The van der Waals surface area contributed by atoms with Crippen molar-refractivity contribution in [2.45, 2.75) is 136 Å². The monoisotopic (exact) mass is 506 g/mol. The minimum absolute atomic E-state index is 0.805. The quantitative estimate of drug-likeness (QED) is 0.178. The lowest BCUT2D eigenvalue weighted by atomic mass is 9.78. The second kappa shape index (κ2) is 18.4.